The molecule has 1 unspecified atom stereocenters. The monoisotopic (exact) mass is 516 g/mol. The van der Waals surface area contributed by atoms with E-state index in [9.17, 15) is 14.8 Å². The summed E-state index contributed by atoms with van der Waals surface area (Å²) in [5.41, 5.74) is 1.07. The van der Waals surface area contributed by atoms with Gasteiger partial charge in [0.25, 0.3) is 0 Å². The van der Waals surface area contributed by atoms with Gasteiger partial charge in [0.05, 0.1) is 28.3 Å². The van der Waals surface area contributed by atoms with Gasteiger partial charge < -0.3 is 25.8 Å². The summed E-state index contributed by atoms with van der Waals surface area (Å²) in [5.74, 6) is 1.43. The number of pyridine rings is 2. The van der Waals surface area contributed by atoms with Gasteiger partial charge in [-0.1, -0.05) is 17.7 Å². The van der Waals surface area contributed by atoms with Crippen LogP contribution < -0.4 is 16.0 Å². The first kappa shape index (κ1) is 26.6. The largest absolute Gasteiger partial charge is 0.389 e. The number of aromatic nitrogens is 2. The van der Waals surface area contributed by atoms with Gasteiger partial charge in [-0.2, -0.15) is 5.26 Å². The second-order valence-corrected chi connectivity index (χ2v) is 10.1. The molecule has 0 amide bonds. The molecule has 1 aliphatic heterocycles. The third-order valence-corrected chi connectivity index (χ3v) is 7.38. The Bertz CT molecular complexity index is 1040. The topological polar surface area (TPSA) is 115 Å². The Hall–Kier alpha value is -2.51. The highest BCUT2D eigenvalue weighted by molar-refractivity contribution is 6.33. The summed E-state index contributed by atoms with van der Waals surface area (Å²) in [5, 5.41) is 29.7. The molecule has 8 nitrogen and oxygen atoms in total. The van der Waals surface area contributed by atoms with Crippen LogP contribution >= 0.6 is 11.6 Å². The molecule has 1 saturated heterocycles. The molecule has 4 N–H and O–H groups in total. The molecule has 1 saturated carbocycles. The first-order chi connectivity index (χ1) is 17.5. The number of rotatable bonds is 10. The third kappa shape index (κ3) is 7.04. The van der Waals surface area contributed by atoms with Gasteiger partial charge in [0.1, 0.15) is 18.3 Å². The fourth-order valence-electron chi connectivity index (χ4n) is 4.76. The van der Waals surface area contributed by atoms with Crippen LogP contribution in [0.25, 0.3) is 11.3 Å². The molecular weight excluding hydrogens is 483 g/mol. The van der Waals surface area contributed by atoms with Gasteiger partial charge in [-0.15, -0.1) is 0 Å². The summed E-state index contributed by atoms with van der Waals surface area (Å²) < 4.78 is 17.9. The number of alkyl halides is 1. The zero-order valence-corrected chi connectivity index (χ0v) is 21.1. The van der Waals surface area contributed by atoms with Crippen molar-refractivity contribution in [1.29, 1.82) is 5.26 Å². The first-order valence-electron chi connectivity index (χ1n) is 12.6. The standard InChI is InChI=1S/C26H34ClFN6O2/c27-22-15-31-25(33-19-6-4-18(5-7-19)30-14-20(35)13-28)12-21(22)23-2-1-3-24(34-23)32-17-26(16-29)8-10-36-11-9-26/h1-3,12,15,18-20,30,35H,4-11,13-14,17H2,(H,31,33)(H,32,34)/t18-,19-,20?. The van der Waals surface area contributed by atoms with Crippen LogP contribution in [0.5, 0.6) is 0 Å². The third-order valence-electron chi connectivity index (χ3n) is 7.07. The molecule has 0 spiro atoms. The van der Waals surface area contributed by atoms with Crippen molar-refractivity contribution >= 4 is 23.2 Å². The number of nitriles is 1. The molecule has 10 heteroatoms. The van der Waals surface area contributed by atoms with E-state index >= 15 is 0 Å². The molecule has 194 valence electrons. The van der Waals surface area contributed by atoms with Gasteiger partial charge in [0, 0.05) is 50.1 Å². The van der Waals surface area contributed by atoms with E-state index in [1.807, 2.05) is 24.3 Å². The predicted molar refractivity (Wildman–Crippen MR) is 139 cm³/mol. The lowest BCUT2D eigenvalue weighted by atomic mass is 9.82. The van der Waals surface area contributed by atoms with Gasteiger partial charge in [-0.05, 0) is 56.7 Å². The molecule has 3 heterocycles. The van der Waals surface area contributed by atoms with Crippen molar-refractivity contribution in [3.05, 3.63) is 35.5 Å². The normalized spacial score (nSPS) is 22.4. The Morgan fingerprint density at radius 1 is 1.19 bits per heavy atom. The van der Waals surface area contributed by atoms with Gasteiger partial charge in [-0.3, -0.25) is 0 Å². The van der Waals surface area contributed by atoms with E-state index in [-0.39, 0.29) is 12.6 Å². The summed E-state index contributed by atoms with van der Waals surface area (Å²) in [6, 6.07) is 10.7. The first-order valence-corrected chi connectivity index (χ1v) is 13.0. The molecule has 0 aromatic carbocycles. The smallest absolute Gasteiger partial charge is 0.126 e. The van der Waals surface area contributed by atoms with Gasteiger partial charge in [-0.25, -0.2) is 14.4 Å². The second-order valence-electron chi connectivity index (χ2n) is 9.72. The fraction of sp³-hybridized carbons (Fsp3) is 0.577. The van der Waals surface area contributed by atoms with Gasteiger partial charge >= 0.3 is 0 Å². The van der Waals surface area contributed by atoms with E-state index < -0.39 is 18.2 Å². The average Bonchev–Trinajstić information content (AvgIpc) is 2.93. The molecule has 2 aromatic heterocycles. The van der Waals surface area contributed by atoms with Crippen LogP contribution in [0.4, 0.5) is 16.0 Å². The van der Waals surface area contributed by atoms with Crippen molar-refractivity contribution in [1.82, 2.24) is 15.3 Å². The summed E-state index contributed by atoms with van der Waals surface area (Å²) in [4.78, 5) is 9.21. The number of halogens is 2. The van der Waals surface area contributed by atoms with E-state index in [2.05, 4.69) is 27.0 Å². The number of nitrogens with one attached hydrogen (secondary N) is 3. The lowest BCUT2D eigenvalue weighted by Crippen LogP contribution is -2.40. The zero-order valence-electron chi connectivity index (χ0n) is 20.4. The van der Waals surface area contributed by atoms with Crippen LogP contribution in [-0.4, -0.2) is 66.2 Å². The van der Waals surface area contributed by atoms with Crippen LogP contribution in [0.3, 0.4) is 0 Å². The number of hydrogen-bond acceptors (Lipinski definition) is 8. The Kier molecular flexibility index (Phi) is 9.32. The van der Waals surface area contributed by atoms with Crippen LogP contribution in [0.15, 0.2) is 30.5 Å². The van der Waals surface area contributed by atoms with E-state index in [0.717, 1.165) is 42.8 Å². The minimum atomic E-state index is -0.936. The average molecular weight is 517 g/mol. The van der Waals surface area contributed by atoms with Crippen molar-refractivity contribution in [3.8, 4) is 17.3 Å². The number of aliphatic hydroxyl groups excluding tert-OH is 1. The van der Waals surface area contributed by atoms with Crippen molar-refractivity contribution in [2.45, 2.75) is 56.7 Å². The van der Waals surface area contributed by atoms with Crippen molar-refractivity contribution < 1.29 is 14.2 Å². The highest BCUT2D eigenvalue weighted by Crippen LogP contribution is 2.32. The minimum Gasteiger partial charge on any atom is -0.389 e. The van der Waals surface area contributed by atoms with Gasteiger partial charge in [0.15, 0.2) is 0 Å². The SMILES string of the molecule is N#CC1(CNc2cccc(-c3cc(N[C@H]4CC[C@H](NCC(O)CF)CC4)ncc3Cl)n2)CCOCC1. The summed E-state index contributed by atoms with van der Waals surface area (Å²) in [6.07, 6.45) is 5.91. The summed E-state index contributed by atoms with van der Waals surface area (Å²) in [6.45, 7) is 1.29. The maximum atomic E-state index is 12.5. The quantitative estimate of drug-likeness (QED) is 0.372. The highest BCUT2D eigenvalue weighted by atomic mass is 35.5. The Labute approximate surface area is 216 Å². The molecule has 1 atom stereocenters. The van der Waals surface area contributed by atoms with Crippen LogP contribution in [-0.2, 0) is 4.74 Å². The number of nitrogens with zero attached hydrogens (tertiary/aromatic N) is 3. The summed E-state index contributed by atoms with van der Waals surface area (Å²) in [7, 11) is 0. The molecule has 0 radical (unpaired) electrons. The van der Waals surface area contributed by atoms with Crippen LogP contribution in [0.2, 0.25) is 5.02 Å². The molecule has 1 aliphatic carbocycles. The Morgan fingerprint density at radius 3 is 2.67 bits per heavy atom. The van der Waals surface area contributed by atoms with Crippen molar-refractivity contribution in [2.75, 3.05) is 43.6 Å². The lowest BCUT2D eigenvalue weighted by Gasteiger charge is -2.31. The molecule has 2 fully saturated rings. The molecule has 36 heavy (non-hydrogen) atoms. The molecule has 2 aliphatic rings. The zero-order chi connectivity index (χ0) is 25.4. The predicted octanol–water partition coefficient (Wildman–Crippen LogP) is 4.17. The van der Waals surface area contributed by atoms with E-state index in [1.165, 1.54) is 0 Å². The fourth-order valence-corrected chi connectivity index (χ4v) is 4.96. The molecular formula is C26H34ClFN6O2. The number of anilines is 2. The van der Waals surface area contributed by atoms with E-state index in [4.69, 9.17) is 21.3 Å². The lowest BCUT2D eigenvalue weighted by molar-refractivity contribution is 0.0455. The Morgan fingerprint density at radius 2 is 1.94 bits per heavy atom. The maximum Gasteiger partial charge on any atom is 0.126 e. The summed E-state index contributed by atoms with van der Waals surface area (Å²) >= 11 is 6.50. The molecule has 2 aromatic rings. The van der Waals surface area contributed by atoms with Crippen LogP contribution in [0.1, 0.15) is 38.5 Å². The van der Waals surface area contributed by atoms with Crippen LogP contribution in [0, 0.1) is 16.7 Å². The number of ether oxygens (including phenoxy) is 1. The van der Waals surface area contributed by atoms with Gasteiger partial charge in [0.2, 0.25) is 0 Å². The van der Waals surface area contributed by atoms with Crippen molar-refractivity contribution in [2.24, 2.45) is 5.41 Å². The number of aliphatic hydroxyl groups is 1. The molecule has 4 rings (SSSR count). The maximum absolute atomic E-state index is 12.5. The van der Waals surface area contributed by atoms with Crippen molar-refractivity contribution in [3.63, 3.8) is 0 Å². The second kappa shape index (κ2) is 12.6. The number of hydrogen-bond donors (Lipinski definition) is 4. The molecule has 0 bridgehead atoms. The van der Waals surface area contributed by atoms with E-state index in [0.29, 0.717) is 49.5 Å². The highest BCUT2D eigenvalue weighted by Gasteiger charge is 2.32. The Balaban J connectivity index is 1.36. The van der Waals surface area contributed by atoms with E-state index in [1.54, 1.807) is 6.20 Å². The minimum absolute atomic E-state index is 0.276.